The van der Waals surface area contributed by atoms with E-state index in [1.54, 1.807) is 0 Å². The van der Waals surface area contributed by atoms with Gasteiger partial charge in [0.15, 0.2) is 0 Å². The number of hydrogen-bond donors (Lipinski definition) is 1. The van der Waals surface area contributed by atoms with Gasteiger partial charge in [-0.05, 0) is 19.3 Å². The summed E-state index contributed by atoms with van der Waals surface area (Å²) >= 11 is 0. The number of nitrogens with zero attached hydrogens (tertiary/aromatic N) is 2. The van der Waals surface area contributed by atoms with Crippen LogP contribution in [-0.4, -0.2) is 67.2 Å². The number of hydrogen-bond acceptors (Lipinski definition) is 4. The molecule has 0 aromatic rings. The Kier molecular flexibility index (Phi) is 3.54. The zero-order chi connectivity index (χ0) is 12.5. The smallest absolute Gasteiger partial charge is 0.227 e. The van der Waals surface area contributed by atoms with Crippen LogP contribution in [0.1, 0.15) is 19.3 Å². The van der Waals surface area contributed by atoms with Gasteiger partial charge in [-0.1, -0.05) is 0 Å². The third kappa shape index (κ3) is 2.68. The van der Waals surface area contributed by atoms with E-state index in [1.165, 1.54) is 12.8 Å². The van der Waals surface area contributed by atoms with Crippen molar-refractivity contribution in [3.63, 3.8) is 0 Å². The largest absolute Gasteiger partial charge is 0.377 e. The first-order valence-corrected chi connectivity index (χ1v) is 7.12. The van der Waals surface area contributed by atoms with Gasteiger partial charge in [-0.2, -0.15) is 0 Å². The molecule has 5 nitrogen and oxygen atoms in total. The molecule has 2 heterocycles. The molecule has 3 aliphatic rings. The van der Waals surface area contributed by atoms with Crippen molar-refractivity contribution in [2.75, 3.05) is 39.3 Å². The van der Waals surface area contributed by atoms with Gasteiger partial charge in [0.25, 0.3) is 0 Å². The third-order valence-electron chi connectivity index (χ3n) is 4.33. The minimum Gasteiger partial charge on any atom is -0.377 e. The zero-order valence-electron chi connectivity index (χ0n) is 10.9. The van der Waals surface area contributed by atoms with Crippen molar-refractivity contribution in [1.29, 1.82) is 0 Å². The fourth-order valence-corrected chi connectivity index (χ4v) is 2.96. The molecule has 3 unspecified atom stereocenters. The highest BCUT2D eigenvalue weighted by molar-refractivity contribution is 5.82. The van der Waals surface area contributed by atoms with Crippen LogP contribution in [0, 0.1) is 5.92 Å². The average molecular weight is 253 g/mol. The molecule has 5 heteroatoms. The van der Waals surface area contributed by atoms with E-state index >= 15 is 0 Å². The van der Waals surface area contributed by atoms with E-state index in [2.05, 4.69) is 4.90 Å². The molecule has 1 aliphatic carbocycles. The molecule has 2 N–H and O–H groups in total. The molecular formula is C13H23N3O2. The highest BCUT2D eigenvalue weighted by atomic mass is 16.5. The molecular weight excluding hydrogens is 230 g/mol. The van der Waals surface area contributed by atoms with Crippen LogP contribution < -0.4 is 5.73 Å². The van der Waals surface area contributed by atoms with Crippen molar-refractivity contribution >= 4 is 5.91 Å². The van der Waals surface area contributed by atoms with Gasteiger partial charge in [-0.3, -0.25) is 9.69 Å². The van der Waals surface area contributed by atoms with E-state index in [1.807, 2.05) is 4.90 Å². The molecule has 0 spiro atoms. The van der Waals surface area contributed by atoms with Gasteiger partial charge in [-0.25, -0.2) is 0 Å². The first-order chi connectivity index (χ1) is 8.74. The van der Waals surface area contributed by atoms with Crippen LogP contribution in [0.5, 0.6) is 0 Å². The summed E-state index contributed by atoms with van der Waals surface area (Å²) in [7, 11) is 0. The molecule has 0 bridgehead atoms. The Morgan fingerprint density at radius 2 is 2.00 bits per heavy atom. The average Bonchev–Trinajstić information content (AvgIpc) is 2.89. The molecule has 2 saturated heterocycles. The van der Waals surface area contributed by atoms with E-state index < -0.39 is 0 Å². The van der Waals surface area contributed by atoms with Crippen molar-refractivity contribution in [2.45, 2.75) is 31.4 Å². The van der Waals surface area contributed by atoms with Gasteiger partial charge in [0, 0.05) is 45.4 Å². The fraction of sp³-hybridized carbons (Fsp3) is 0.923. The number of carbonyl (C=O) groups is 1. The van der Waals surface area contributed by atoms with Crippen molar-refractivity contribution in [3.05, 3.63) is 0 Å². The lowest BCUT2D eigenvalue weighted by molar-refractivity contribution is -0.134. The summed E-state index contributed by atoms with van der Waals surface area (Å²) in [6.07, 6.45) is 3.69. The highest BCUT2D eigenvalue weighted by Crippen LogP contribution is 2.30. The topological polar surface area (TPSA) is 58.8 Å². The molecule has 3 rings (SSSR count). The molecule has 0 aromatic carbocycles. The van der Waals surface area contributed by atoms with E-state index in [0.29, 0.717) is 6.10 Å². The minimum atomic E-state index is 0.120. The summed E-state index contributed by atoms with van der Waals surface area (Å²) in [5, 5.41) is 0. The van der Waals surface area contributed by atoms with Gasteiger partial charge >= 0.3 is 0 Å². The van der Waals surface area contributed by atoms with Crippen LogP contribution >= 0.6 is 0 Å². The lowest BCUT2D eigenvalue weighted by atomic mass is 10.2. The van der Waals surface area contributed by atoms with E-state index in [4.69, 9.17) is 10.5 Å². The van der Waals surface area contributed by atoms with Gasteiger partial charge in [-0.15, -0.1) is 0 Å². The molecule has 18 heavy (non-hydrogen) atoms. The number of rotatable bonds is 3. The molecule has 3 atom stereocenters. The number of nitrogens with two attached hydrogens (primary N) is 1. The van der Waals surface area contributed by atoms with E-state index in [9.17, 15) is 4.79 Å². The Bertz CT molecular complexity index is 309. The Labute approximate surface area is 108 Å². The minimum absolute atomic E-state index is 0.120. The zero-order valence-corrected chi connectivity index (χ0v) is 10.9. The van der Waals surface area contributed by atoms with Crippen LogP contribution in [0.25, 0.3) is 0 Å². The van der Waals surface area contributed by atoms with Crippen molar-refractivity contribution in [2.24, 2.45) is 11.7 Å². The summed E-state index contributed by atoms with van der Waals surface area (Å²) in [5.74, 6) is 0.397. The normalized spacial score (nSPS) is 36.9. The maximum Gasteiger partial charge on any atom is 0.227 e. The van der Waals surface area contributed by atoms with E-state index in [-0.39, 0.29) is 17.9 Å². The maximum atomic E-state index is 12.0. The van der Waals surface area contributed by atoms with Gasteiger partial charge in [0.2, 0.25) is 5.91 Å². The maximum absolute atomic E-state index is 12.0. The van der Waals surface area contributed by atoms with Crippen molar-refractivity contribution in [1.82, 2.24) is 9.80 Å². The van der Waals surface area contributed by atoms with Crippen LogP contribution in [0.3, 0.4) is 0 Å². The highest BCUT2D eigenvalue weighted by Gasteiger charge is 2.42. The third-order valence-corrected chi connectivity index (χ3v) is 4.33. The molecule has 102 valence electrons. The summed E-state index contributed by atoms with van der Waals surface area (Å²) in [5.41, 5.74) is 5.74. The van der Waals surface area contributed by atoms with Crippen LogP contribution in [0.4, 0.5) is 0 Å². The standard InChI is InChI=1S/C13H23N3O2/c14-12-8-11(12)13(17)16-5-3-15(4-6-16)9-10-2-1-7-18-10/h10-12H,1-9,14H2. The Balaban J connectivity index is 1.41. The molecule has 3 fully saturated rings. The Morgan fingerprint density at radius 1 is 1.28 bits per heavy atom. The molecule has 2 aliphatic heterocycles. The summed E-state index contributed by atoms with van der Waals surface area (Å²) < 4.78 is 5.65. The number of carbonyl (C=O) groups excluding carboxylic acids is 1. The number of piperazine rings is 1. The summed E-state index contributed by atoms with van der Waals surface area (Å²) in [6, 6.07) is 0.127. The van der Waals surface area contributed by atoms with Crippen LogP contribution in [-0.2, 0) is 9.53 Å². The monoisotopic (exact) mass is 253 g/mol. The van der Waals surface area contributed by atoms with Gasteiger partial charge < -0.3 is 15.4 Å². The van der Waals surface area contributed by atoms with Crippen molar-refractivity contribution in [3.8, 4) is 0 Å². The SMILES string of the molecule is NC1CC1C(=O)N1CCN(CC2CCCO2)CC1. The lowest BCUT2D eigenvalue weighted by Gasteiger charge is -2.35. The van der Waals surface area contributed by atoms with E-state index in [0.717, 1.165) is 45.8 Å². The molecule has 0 radical (unpaired) electrons. The quantitative estimate of drug-likeness (QED) is 0.747. The predicted octanol–water partition coefficient (Wildman–Crippen LogP) is -0.343. The molecule has 0 aromatic heterocycles. The first kappa shape index (κ1) is 12.4. The first-order valence-electron chi connectivity index (χ1n) is 7.12. The fourth-order valence-electron chi connectivity index (χ4n) is 2.96. The number of ether oxygens (including phenoxy) is 1. The second-order valence-corrected chi connectivity index (χ2v) is 5.77. The molecule has 1 saturated carbocycles. The van der Waals surface area contributed by atoms with Crippen LogP contribution in [0.15, 0.2) is 0 Å². The summed E-state index contributed by atoms with van der Waals surface area (Å²) in [4.78, 5) is 16.4. The second-order valence-electron chi connectivity index (χ2n) is 5.77. The Hall–Kier alpha value is -0.650. The summed E-state index contributed by atoms with van der Waals surface area (Å²) in [6.45, 7) is 5.62. The predicted molar refractivity (Wildman–Crippen MR) is 68.1 cm³/mol. The van der Waals surface area contributed by atoms with Crippen LogP contribution in [0.2, 0.25) is 0 Å². The molecule has 1 amide bonds. The number of amides is 1. The van der Waals surface area contributed by atoms with Gasteiger partial charge in [0.05, 0.1) is 12.0 Å². The van der Waals surface area contributed by atoms with Gasteiger partial charge in [0.1, 0.15) is 0 Å². The second kappa shape index (κ2) is 5.15. The van der Waals surface area contributed by atoms with Crippen molar-refractivity contribution < 1.29 is 9.53 Å². The Morgan fingerprint density at radius 3 is 2.56 bits per heavy atom. The lowest BCUT2D eigenvalue weighted by Crippen LogP contribution is -2.51.